The second kappa shape index (κ2) is 7.88. The molecular formula is C21H21N3O2S. The highest BCUT2D eigenvalue weighted by atomic mass is 32.1. The smallest absolute Gasteiger partial charge is 0.270 e. The van der Waals surface area contributed by atoms with Crippen LogP contribution in [0.25, 0.3) is 11.3 Å². The van der Waals surface area contributed by atoms with Gasteiger partial charge in [0.1, 0.15) is 0 Å². The molecule has 0 spiro atoms. The first-order chi connectivity index (χ1) is 13.2. The number of para-hydroxylation sites is 1. The Balaban J connectivity index is 1.86. The Labute approximate surface area is 161 Å². The van der Waals surface area contributed by atoms with Crippen molar-refractivity contribution in [2.75, 3.05) is 0 Å². The highest BCUT2D eigenvalue weighted by molar-refractivity contribution is 7.07. The molecular weight excluding hydrogens is 358 g/mol. The highest BCUT2D eigenvalue weighted by Crippen LogP contribution is 2.33. The van der Waals surface area contributed by atoms with Crippen LogP contribution in [0.5, 0.6) is 0 Å². The van der Waals surface area contributed by atoms with E-state index in [0.717, 1.165) is 34.6 Å². The van der Waals surface area contributed by atoms with E-state index < -0.39 is 0 Å². The van der Waals surface area contributed by atoms with Gasteiger partial charge in [-0.05, 0) is 25.0 Å². The first kappa shape index (κ1) is 17.7. The lowest BCUT2D eigenvalue weighted by molar-refractivity contribution is -0.384. The van der Waals surface area contributed by atoms with Crippen LogP contribution in [0, 0.1) is 10.1 Å². The van der Waals surface area contributed by atoms with E-state index >= 15 is 0 Å². The van der Waals surface area contributed by atoms with Crippen LogP contribution in [-0.2, 0) is 0 Å². The standard InChI is InChI=1S/C21H21N3O2S/c25-24(26)19-13-7-8-16(14-19)20-15-27-21(22-17-9-3-1-4-10-17)23(20)18-11-5-2-6-12-18/h1,3-4,7-10,13-15,18H,2,5-6,11-12H2. The van der Waals surface area contributed by atoms with Gasteiger partial charge in [0.25, 0.3) is 5.69 Å². The molecule has 0 bridgehead atoms. The summed E-state index contributed by atoms with van der Waals surface area (Å²) in [6.07, 6.45) is 5.96. The van der Waals surface area contributed by atoms with Gasteiger partial charge in [-0.2, -0.15) is 0 Å². The van der Waals surface area contributed by atoms with Crippen molar-refractivity contribution >= 4 is 22.7 Å². The molecule has 1 fully saturated rings. The van der Waals surface area contributed by atoms with E-state index in [1.54, 1.807) is 23.5 Å². The Morgan fingerprint density at radius 2 is 1.81 bits per heavy atom. The minimum absolute atomic E-state index is 0.121. The highest BCUT2D eigenvalue weighted by Gasteiger charge is 2.21. The molecule has 2 aromatic carbocycles. The summed E-state index contributed by atoms with van der Waals surface area (Å²) >= 11 is 1.60. The van der Waals surface area contributed by atoms with E-state index in [1.807, 2.05) is 36.4 Å². The molecule has 0 N–H and O–H groups in total. The van der Waals surface area contributed by atoms with Crippen molar-refractivity contribution in [3.05, 3.63) is 74.9 Å². The number of nitro groups is 1. The molecule has 138 valence electrons. The third kappa shape index (κ3) is 3.85. The quantitative estimate of drug-likeness (QED) is 0.421. The van der Waals surface area contributed by atoms with Crippen molar-refractivity contribution in [2.45, 2.75) is 38.1 Å². The summed E-state index contributed by atoms with van der Waals surface area (Å²) in [6, 6.07) is 17.2. The molecule has 5 nitrogen and oxygen atoms in total. The van der Waals surface area contributed by atoms with Crippen molar-refractivity contribution in [3.63, 3.8) is 0 Å². The summed E-state index contributed by atoms with van der Waals surface area (Å²) in [4.78, 5) is 16.7. The van der Waals surface area contributed by atoms with Gasteiger partial charge in [0, 0.05) is 29.1 Å². The number of nitrogens with zero attached hydrogens (tertiary/aromatic N) is 3. The van der Waals surface area contributed by atoms with Crippen LogP contribution in [0.15, 0.2) is 65.0 Å². The van der Waals surface area contributed by atoms with Gasteiger partial charge in [0.2, 0.25) is 0 Å². The number of hydrogen-bond donors (Lipinski definition) is 0. The molecule has 0 amide bonds. The maximum atomic E-state index is 11.2. The van der Waals surface area contributed by atoms with Crippen LogP contribution in [0.1, 0.15) is 38.1 Å². The van der Waals surface area contributed by atoms with Crippen LogP contribution in [0.4, 0.5) is 11.4 Å². The number of non-ortho nitro benzene ring substituents is 1. The molecule has 27 heavy (non-hydrogen) atoms. The van der Waals surface area contributed by atoms with E-state index in [4.69, 9.17) is 4.99 Å². The fourth-order valence-electron chi connectivity index (χ4n) is 3.70. The monoisotopic (exact) mass is 379 g/mol. The average molecular weight is 379 g/mol. The third-order valence-corrected chi connectivity index (χ3v) is 5.86. The van der Waals surface area contributed by atoms with Gasteiger partial charge in [0.15, 0.2) is 4.80 Å². The maximum Gasteiger partial charge on any atom is 0.270 e. The Morgan fingerprint density at radius 1 is 1.04 bits per heavy atom. The van der Waals surface area contributed by atoms with Crippen molar-refractivity contribution in [2.24, 2.45) is 4.99 Å². The molecule has 0 radical (unpaired) electrons. The first-order valence-electron chi connectivity index (χ1n) is 9.27. The molecule has 6 heteroatoms. The summed E-state index contributed by atoms with van der Waals surface area (Å²) in [5.41, 5.74) is 2.94. The molecule has 1 heterocycles. The lowest BCUT2D eigenvalue weighted by atomic mass is 9.95. The maximum absolute atomic E-state index is 11.2. The lowest BCUT2D eigenvalue weighted by Gasteiger charge is -2.25. The predicted molar refractivity (Wildman–Crippen MR) is 108 cm³/mol. The largest absolute Gasteiger partial charge is 0.313 e. The molecule has 0 saturated heterocycles. The fraction of sp³-hybridized carbons (Fsp3) is 0.286. The SMILES string of the molecule is O=[N+]([O-])c1cccc(-c2csc(=Nc3ccccc3)n2C2CCCCC2)c1. The van der Waals surface area contributed by atoms with Crippen LogP contribution in [-0.4, -0.2) is 9.49 Å². The van der Waals surface area contributed by atoms with Crippen molar-refractivity contribution < 1.29 is 4.92 Å². The average Bonchev–Trinajstić information content (AvgIpc) is 3.13. The van der Waals surface area contributed by atoms with E-state index in [9.17, 15) is 10.1 Å². The fourth-order valence-corrected chi connectivity index (χ4v) is 4.68. The Kier molecular flexibility index (Phi) is 5.16. The summed E-state index contributed by atoms with van der Waals surface area (Å²) in [6.45, 7) is 0. The molecule has 1 aromatic heterocycles. The Bertz CT molecular complexity index is 1000. The Hall–Kier alpha value is -2.73. The summed E-state index contributed by atoms with van der Waals surface area (Å²) in [5, 5.41) is 13.3. The number of benzene rings is 2. The molecule has 0 aliphatic heterocycles. The molecule has 4 rings (SSSR count). The number of hydrogen-bond acceptors (Lipinski definition) is 4. The number of aromatic nitrogens is 1. The van der Waals surface area contributed by atoms with E-state index in [2.05, 4.69) is 9.95 Å². The number of rotatable bonds is 4. The van der Waals surface area contributed by atoms with Gasteiger partial charge in [-0.3, -0.25) is 10.1 Å². The van der Waals surface area contributed by atoms with E-state index in [-0.39, 0.29) is 10.6 Å². The van der Waals surface area contributed by atoms with Crippen LogP contribution < -0.4 is 4.80 Å². The molecule has 1 aliphatic carbocycles. The van der Waals surface area contributed by atoms with Crippen LogP contribution in [0.3, 0.4) is 0 Å². The Morgan fingerprint density at radius 3 is 2.56 bits per heavy atom. The van der Waals surface area contributed by atoms with Crippen molar-refractivity contribution in [3.8, 4) is 11.3 Å². The normalized spacial score (nSPS) is 15.8. The van der Waals surface area contributed by atoms with E-state index in [0.29, 0.717) is 6.04 Å². The van der Waals surface area contributed by atoms with Gasteiger partial charge in [-0.15, -0.1) is 11.3 Å². The zero-order valence-electron chi connectivity index (χ0n) is 15.0. The number of thiazole rings is 1. The second-order valence-corrected chi connectivity index (χ2v) is 7.66. The first-order valence-corrected chi connectivity index (χ1v) is 10.1. The van der Waals surface area contributed by atoms with E-state index in [1.165, 1.54) is 25.3 Å². The molecule has 3 aromatic rings. The summed E-state index contributed by atoms with van der Waals surface area (Å²) < 4.78 is 2.30. The zero-order valence-corrected chi connectivity index (χ0v) is 15.8. The van der Waals surface area contributed by atoms with Gasteiger partial charge in [-0.1, -0.05) is 49.6 Å². The predicted octanol–water partition coefficient (Wildman–Crippen LogP) is 5.86. The van der Waals surface area contributed by atoms with Gasteiger partial charge in [-0.25, -0.2) is 4.99 Å². The lowest BCUT2D eigenvalue weighted by Crippen LogP contribution is -2.23. The topological polar surface area (TPSA) is 60.4 Å². The van der Waals surface area contributed by atoms with Crippen LogP contribution >= 0.6 is 11.3 Å². The summed E-state index contributed by atoms with van der Waals surface area (Å²) in [7, 11) is 0. The van der Waals surface area contributed by atoms with Crippen LogP contribution in [0.2, 0.25) is 0 Å². The van der Waals surface area contributed by atoms with Gasteiger partial charge >= 0.3 is 0 Å². The van der Waals surface area contributed by atoms with Gasteiger partial charge < -0.3 is 4.57 Å². The minimum atomic E-state index is -0.337. The molecule has 0 unspecified atom stereocenters. The molecule has 1 aliphatic rings. The second-order valence-electron chi connectivity index (χ2n) is 6.82. The molecule has 1 saturated carbocycles. The van der Waals surface area contributed by atoms with Gasteiger partial charge in [0.05, 0.1) is 16.3 Å². The minimum Gasteiger partial charge on any atom is -0.313 e. The summed E-state index contributed by atoms with van der Waals surface area (Å²) in [5.74, 6) is 0. The third-order valence-electron chi connectivity index (χ3n) is 5.02. The number of nitro benzene ring substituents is 1. The van der Waals surface area contributed by atoms with Crippen molar-refractivity contribution in [1.82, 2.24) is 4.57 Å². The zero-order chi connectivity index (χ0) is 18.6. The molecule has 0 atom stereocenters. The van der Waals surface area contributed by atoms with Crippen molar-refractivity contribution in [1.29, 1.82) is 0 Å².